The monoisotopic (exact) mass is 446 g/mol. The molecule has 1 saturated heterocycles. The van der Waals surface area contributed by atoms with Gasteiger partial charge in [0.1, 0.15) is 5.69 Å². The van der Waals surface area contributed by atoms with Gasteiger partial charge in [0.25, 0.3) is 0 Å². The van der Waals surface area contributed by atoms with Crippen LogP contribution in [0.15, 0.2) is 66.9 Å². The maximum atomic E-state index is 12.2. The molecule has 1 aliphatic heterocycles. The lowest BCUT2D eigenvalue weighted by molar-refractivity contribution is -0.111. The van der Waals surface area contributed by atoms with E-state index in [9.17, 15) is 9.90 Å². The number of nitrogens with one attached hydrogen (secondary N) is 1. The van der Waals surface area contributed by atoms with Crippen LogP contribution in [0.1, 0.15) is 30.1 Å². The summed E-state index contributed by atoms with van der Waals surface area (Å²) >= 11 is 0. The molecule has 3 aromatic rings. The number of para-hydroxylation sites is 2. The fourth-order valence-electron chi connectivity index (χ4n) is 4.24. The first-order valence-electron chi connectivity index (χ1n) is 11.3. The zero-order valence-corrected chi connectivity index (χ0v) is 18.5. The standard InChI is InChI=1S/C25H30N6O2/c26-23-10-4-5-11-24(23)27-25(33)13-12-20-16-31(29-28-20)21-15-22(18-32)30(17-21)14-6-9-19-7-2-1-3-8-19/h1-5,7-8,10-13,16,21-22,32H,6,9,14-15,17-18,26H2,(H,27,33)/b13-12+/t21-,22-/m1/s1. The third kappa shape index (κ3) is 6.06. The van der Waals surface area contributed by atoms with Crippen LogP contribution in [0.25, 0.3) is 6.08 Å². The van der Waals surface area contributed by atoms with Crippen LogP contribution in [-0.2, 0) is 11.2 Å². The minimum absolute atomic E-state index is 0.121. The van der Waals surface area contributed by atoms with Gasteiger partial charge >= 0.3 is 0 Å². The number of aromatic nitrogens is 3. The Kier molecular flexibility index (Phi) is 7.49. The number of carbonyl (C=O) groups is 1. The van der Waals surface area contributed by atoms with Gasteiger partial charge in [-0.2, -0.15) is 0 Å². The molecule has 1 fully saturated rings. The Hall–Kier alpha value is -3.49. The van der Waals surface area contributed by atoms with Crippen molar-refractivity contribution in [1.29, 1.82) is 0 Å². The fourth-order valence-corrected chi connectivity index (χ4v) is 4.24. The first-order chi connectivity index (χ1) is 16.1. The summed E-state index contributed by atoms with van der Waals surface area (Å²) in [7, 11) is 0. The van der Waals surface area contributed by atoms with Crippen molar-refractivity contribution in [3.05, 3.63) is 78.1 Å². The molecule has 33 heavy (non-hydrogen) atoms. The number of aryl methyl sites for hydroxylation is 1. The molecular weight excluding hydrogens is 416 g/mol. The molecule has 4 rings (SSSR count). The molecule has 2 atom stereocenters. The highest BCUT2D eigenvalue weighted by Gasteiger charge is 2.32. The highest BCUT2D eigenvalue weighted by molar-refractivity contribution is 6.03. The second-order valence-electron chi connectivity index (χ2n) is 8.34. The number of aliphatic hydroxyl groups is 1. The van der Waals surface area contributed by atoms with E-state index in [-0.39, 0.29) is 24.6 Å². The lowest BCUT2D eigenvalue weighted by Gasteiger charge is -2.22. The number of nitrogens with two attached hydrogens (primary N) is 1. The van der Waals surface area contributed by atoms with Crippen LogP contribution in [0.4, 0.5) is 11.4 Å². The van der Waals surface area contributed by atoms with Crippen molar-refractivity contribution in [2.75, 3.05) is 30.7 Å². The Morgan fingerprint density at radius 3 is 2.76 bits per heavy atom. The van der Waals surface area contributed by atoms with Crippen LogP contribution in [0.3, 0.4) is 0 Å². The number of carbonyl (C=O) groups excluding carboxylic acids is 1. The Balaban J connectivity index is 1.30. The van der Waals surface area contributed by atoms with E-state index in [1.54, 1.807) is 18.2 Å². The van der Waals surface area contributed by atoms with E-state index >= 15 is 0 Å². The number of rotatable bonds is 9. The number of nitrogens with zero attached hydrogens (tertiary/aromatic N) is 4. The van der Waals surface area contributed by atoms with Gasteiger partial charge in [0.15, 0.2) is 0 Å². The van der Waals surface area contributed by atoms with Crippen LogP contribution in [0.2, 0.25) is 0 Å². The van der Waals surface area contributed by atoms with Crippen molar-refractivity contribution >= 4 is 23.4 Å². The Morgan fingerprint density at radius 2 is 1.97 bits per heavy atom. The highest BCUT2D eigenvalue weighted by atomic mass is 16.3. The average Bonchev–Trinajstić information content (AvgIpc) is 3.47. The second kappa shape index (κ2) is 10.9. The molecule has 8 heteroatoms. The molecule has 1 aromatic heterocycles. The predicted molar refractivity (Wildman–Crippen MR) is 129 cm³/mol. The molecular formula is C25H30N6O2. The minimum atomic E-state index is -0.284. The Morgan fingerprint density at radius 1 is 1.18 bits per heavy atom. The molecule has 8 nitrogen and oxygen atoms in total. The summed E-state index contributed by atoms with van der Waals surface area (Å²) in [6, 6.07) is 17.8. The number of amides is 1. The number of nitrogen functional groups attached to an aromatic ring is 1. The van der Waals surface area contributed by atoms with Crippen molar-refractivity contribution in [3.63, 3.8) is 0 Å². The van der Waals surface area contributed by atoms with E-state index in [4.69, 9.17) is 5.73 Å². The van der Waals surface area contributed by atoms with E-state index in [2.05, 4.69) is 44.8 Å². The molecule has 0 radical (unpaired) electrons. The zero-order valence-electron chi connectivity index (χ0n) is 18.5. The summed E-state index contributed by atoms with van der Waals surface area (Å²) < 4.78 is 1.84. The summed E-state index contributed by atoms with van der Waals surface area (Å²) in [4.78, 5) is 14.5. The molecule has 0 unspecified atom stereocenters. The van der Waals surface area contributed by atoms with Gasteiger partial charge in [-0.05, 0) is 49.6 Å². The first-order valence-corrected chi connectivity index (χ1v) is 11.3. The summed E-state index contributed by atoms with van der Waals surface area (Å²) in [5.41, 5.74) is 8.88. The highest BCUT2D eigenvalue weighted by Crippen LogP contribution is 2.27. The van der Waals surface area contributed by atoms with Crippen LogP contribution in [0.5, 0.6) is 0 Å². The third-order valence-corrected chi connectivity index (χ3v) is 6.00. The van der Waals surface area contributed by atoms with Gasteiger partial charge in [0.2, 0.25) is 5.91 Å². The van der Waals surface area contributed by atoms with Gasteiger partial charge in [-0.25, -0.2) is 4.68 Å². The van der Waals surface area contributed by atoms with Gasteiger partial charge in [0, 0.05) is 18.7 Å². The fraction of sp³-hybridized carbons (Fsp3) is 0.320. The number of hydrogen-bond acceptors (Lipinski definition) is 6. The molecule has 0 saturated carbocycles. The maximum Gasteiger partial charge on any atom is 0.248 e. The number of likely N-dealkylation sites (tertiary alicyclic amines) is 1. The van der Waals surface area contributed by atoms with Gasteiger partial charge in [-0.15, -0.1) is 5.10 Å². The molecule has 2 heterocycles. The van der Waals surface area contributed by atoms with Gasteiger partial charge in [-0.1, -0.05) is 47.7 Å². The smallest absolute Gasteiger partial charge is 0.248 e. The van der Waals surface area contributed by atoms with Crippen LogP contribution in [0, 0.1) is 0 Å². The van der Waals surface area contributed by atoms with Crippen molar-refractivity contribution in [1.82, 2.24) is 19.9 Å². The summed E-state index contributed by atoms with van der Waals surface area (Å²) in [6.45, 7) is 1.88. The van der Waals surface area contributed by atoms with Gasteiger partial charge in [0.05, 0.1) is 30.2 Å². The van der Waals surface area contributed by atoms with Crippen molar-refractivity contribution in [2.24, 2.45) is 0 Å². The Bertz CT molecular complexity index is 1080. The van der Waals surface area contributed by atoms with E-state index in [0.717, 1.165) is 32.4 Å². The summed E-state index contributed by atoms with van der Waals surface area (Å²) in [5, 5.41) is 21.0. The maximum absolute atomic E-state index is 12.2. The molecule has 2 aromatic carbocycles. The molecule has 172 valence electrons. The van der Waals surface area contributed by atoms with E-state index in [1.807, 2.05) is 29.1 Å². The Labute approximate surface area is 193 Å². The van der Waals surface area contributed by atoms with Crippen molar-refractivity contribution in [3.8, 4) is 0 Å². The van der Waals surface area contributed by atoms with Crippen molar-refractivity contribution < 1.29 is 9.90 Å². The first kappa shape index (κ1) is 22.7. The van der Waals surface area contributed by atoms with Crippen LogP contribution < -0.4 is 11.1 Å². The molecule has 4 N–H and O–H groups in total. The molecule has 1 amide bonds. The summed E-state index contributed by atoms with van der Waals surface area (Å²) in [5.74, 6) is -0.284. The largest absolute Gasteiger partial charge is 0.397 e. The van der Waals surface area contributed by atoms with Gasteiger partial charge < -0.3 is 16.2 Å². The number of anilines is 2. The number of benzene rings is 2. The van der Waals surface area contributed by atoms with Crippen LogP contribution >= 0.6 is 0 Å². The zero-order chi connectivity index (χ0) is 23.0. The molecule has 0 aliphatic carbocycles. The third-order valence-electron chi connectivity index (χ3n) is 6.00. The van der Waals surface area contributed by atoms with E-state index < -0.39 is 0 Å². The summed E-state index contributed by atoms with van der Waals surface area (Å²) in [6.07, 6.45) is 7.78. The van der Waals surface area contributed by atoms with E-state index in [0.29, 0.717) is 17.1 Å². The van der Waals surface area contributed by atoms with E-state index in [1.165, 1.54) is 11.6 Å². The predicted octanol–water partition coefficient (Wildman–Crippen LogP) is 2.75. The SMILES string of the molecule is Nc1ccccc1NC(=O)/C=C/c1cn([C@@H]2C[C@H](CO)N(CCCc3ccccc3)C2)nn1. The molecule has 0 spiro atoms. The minimum Gasteiger partial charge on any atom is -0.397 e. The quantitative estimate of drug-likeness (QED) is 0.344. The normalized spacial score (nSPS) is 18.7. The molecule has 1 aliphatic rings. The second-order valence-corrected chi connectivity index (χ2v) is 8.34. The van der Waals surface area contributed by atoms with Gasteiger partial charge in [-0.3, -0.25) is 9.69 Å². The number of aliphatic hydroxyl groups excluding tert-OH is 1. The van der Waals surface area contributed by atoms with Crippen molar-refractivity contribution in [2.45, 2.75) is 31.3 Å². The van der Waals surface area contributed by atoms with Crippen LogP contribution in [-0.4, -0.2) is 56.6 Å². The topological polar surface area (TPSA) is 109 Å². The lowest BCUT2D eigenvalue weighted by atomic mass is 10.1. The molecule has 0 bridgehead atoms. The average molecular weight is 447 g/mol. The number of hydrogen-bond donors (Lipinski definition) is 3. The lowest BCUT2D eigenvalue weighted by Crippen LogP contribution is -2.33.